The summed E-state index contributed by atoms with van der Waals surface area (Å²) >= 11 is 0. The Bertz CT molecular complexity index is 473. The van der Waals surface area contributed by atoms with Gasteiger partial charge in [0.1, 0.15) is 0 Å². The van der Waals surface area contributed by atoms with Gasteiger partial charge >= 0.3 is 5.97 Å². The van der Waals surface area contributed by atoms with Crippen molar-refractivity contribution in [3.8, 4) is 0 Å². The smallest absolute Gasteiger partial charge is 0.337 e. The number of hydrogen-bond donors (Lipinski definition) is 1. The Balaban J connectivity index is 1.69. The number of carbonyl (C=O) groups is 1. The Morgan fingerprint density at radius 2 is 2.26 bits per heavy atom. The minimum absolute atomic E-state index is 0.267. The summed E-state index contributed by atoms with van der Waals surface area (Å²) in [5.74, 6) is -0.267. The van der Waals surface area contributed by atoms with Crippen molar-refractivity contribution in [1.82, 2.24) is 5.32 Å². The average molecular weight is 260 g/mol. The van der Waals surface area contributed by atoms with Crippen LogP contribution in [0.5, 0.6) is 0 Å². The van der Waals surface area contributed by atoms with Gasteiger partial charge in [0, 0.05) is 30.7 Å². The van der Waals surface area contributed by atoms with Crippen LogP contribution in [0.25, 0.3) is 0 Å². The van der Waals surface area contributed by atoms with Gasteiger partial charge in [-0.25, -0.2) is 4.79 Å². The lowest BCUT2D eigenvalue weighted by atomic mass is 9.74. The topological polar surface area (TPSA) is 41.6 Å². The molecule has 3 rings (SSSR count). The van der Waals surface area contributed by atoms with Crippen LogP contribution < -0.4 is 10.2 Å². The third-order valence-electron chi connectivity index (χ3n) is 4.25. The number of ether oxygens (including phenoxy) is 1. The van der Waals surface area contributed by atoms with E-state index in [4.69, 9.17) is 4.74 Å². The third kappa shape index (κ3) is 2.32. The fourth-order valence-electron chi connectivity index (χ4n) is 3.19. The second-order valence-electron chi connectivity index (χ2n) is 5.68. The first-order chi connectivity index (χ1) is 9.22. The van der Waals surface area contributed by atoms with E-state index in [0.29, 0.717) is 11.0 Å². The lowest BCUT2D eigenvalue weighted by molar-refractivity contribution is 0.0600. The molecule has 0 amide bonds. The molecule has 4 heteroatoms. The predicted molar refractivity (Wildman–Crippen MR) is 74.5 cm³/mol. The maximum absolute atomic E-state index is 11.5. The highest BCUT2D eigenvalue weighted by molar-refractivity contribution is 5.90. The monoisotopic (exact) mass is 260 g/mol. The number of nitrogens with one attached hydrogen (secondary N) is 1. The van der Waals surface area contributed by atoms with Crippen LogP contribution >= 0.6 is 0 Å². The van der Waals surface area contributed by atoms with Gasteiger partial charge in [0.15, 0.2) is 0 Å². The lowest BCUT2D eigenvalue weighted by Gasteiger charge is -2.53. The fraction of sp³-hybridized carbons (Fsp3) is 0.533. The first-order valence-corrected chi connectivity index (χ1v) is 6.87. The quantitative estimate of drug-likeness (QED) is 0.821. The molecule has 0 atom stereocenters. The summed E-state index contributed by atoms with van der Waals surface area (Å²) in [6, 6.07) is 7.71. The molecule has 0 saturated carbocycles. The summed E-state index contributed by atoms with van der Waals surface area (Å²) < 4.78 is 4.77. The van der Waals surface area contributed by atoms with Gasteiger partial charge in [0.2, 0.25) is 0 Å². The number of methoxy groups -OCH3 is 1. The maximum atomic E-state index is 11.5. The zero-order chi connectivity index (χ0) is 13.3. The van der Waals surface area contributed by atoms with Crippen molar-refractivity contribution in [2.24, 2.45) is 5.41 Å². The first kappa shape index (κ1) is 12.5. The van der Waals surface area contributed by atoms with Crippen molar-refractivity contribution < 1.29 is 9.53 Å². The highest BCUT2D eigenvalue weighted by atomic mass is 16.5. The Kier molecular flexibility index (Phi) is 3.19. The van der Waals surface area contributed by atoms with Gasteiger partial charge in [-0.05, 0) is 37.6 Å². The Morgan fingerprint density at radius 3 is 2.95 bits per heavy atom. The van der Waals surface area contributed by atoms with Crippen LogP contribution in [0.1, 0.15) is 23.2 Å². The van der Waals surface area contributed by atoms with Crippen molar-refractivity contribution >= 4 is 11.7 Å². The van der Waals surface area contributed by atoms with Crippen LogP contribution in [0, 0.1) is 5.41 Å². The zero-order valence-electron chi connectivity index (χ0n) is 11.3. The van der Waals surface area contributed by atoms with Gasteiger partial charge in [-0.2, -0.15) is 0 Å². The molecule has 2 aliphatic heterocycles. The van der Waals surface area contributed by atoms with E-state index in [-0.39, 0.29) is 5.97 Å². The van der Waals surface area contributed by atoms with Crippen molar-refractivity contribution in [2.75, 3.05) is 38.2 Å². The molecular weight excluding hydrogens is 240 g/mol. The van der Waals surface area contributed by atoms with Crippen LogP contribution in [-0.4, -0.2) is 39.3 Å². The minimum Gasteiger partial charge on any atom is -0.465 e. The van der Waals surface area contributed by atoms with Gasteiger partial charge < -0.3 is 15.0 Å². The highest BCUT2D eigenvalue weighted by Gasteiger charge is 2.43. The van der Waals surface area contributed by atoms with Crippen LogP contribution in [0.3, 0.4) is 0 Å². The molecule has 0 radical (unpaired) electrons. The molecule has 0 bridgehead atoms. The fourth-order valence-corrected chi connectivity index (χ4v) is 3.19. The highest BCUT2D eigenvalue weighted by Crippen LogP contribution is 2.39. The van der Waals surface area contributed by atoms with E-state index in [1.54, 1.807) is 6.07 Å². The van der Waals surface area contributed by atoms with E-state index in [1.807, 2.05) is 12.1 Å². The van der Waals surface area contributed by atoms with Crippen LogP contribution in [-0.2, 0) is 4.74 Å². The normalized spacial score (nSPS) is 21.0. The second kappa shape index (κ2) is 4.85. The van der Waals surface area contributed by atoms with E-state index in [9.17, 15) is 4.79 Å². The summed E-state index contributed by atoms with van der Waals surface area (Å²) in [6.07, 6.45) is 2.59. The zero-order valence-corrected chi connectivity index (χ0v) is 11.3. The Labute approximate surface area is 113 Å². The minimum atomic E-state index is -0.267. The van der Waals surface area contributed by atoms with Crippen LogP contribution in [0.4, 0.5) is 5.69 Å². The molecule has 0 unspecified atom stereocenters. The summed E-state index contributed by atoms with van der Waals surface area (Å²) in [5.41, 5.74) is 2.21. The maximum Gasteiger partial charge on any atom is 0.337 e. The first-order valence-electron chi connectivity index (χ1n) is 6.87. The molecule has 102 valence electrons. The van der Waals surface area contributed by atoms with Crippen molar-refractivity contribution in [1.29, 1.82) is 0 Å². The standard InChI is InChI=1S/C15H20N2O2/c1-19-14(18)12-4-2-5-13(8-12)17-10-15(11-17)6-3-7-16-9-15/h2,4-5,8,16H,3,6-7,9-11H2,1H3. The molecule has 4 nitrogen and oxygen atoms in total. The predicted octanol–water partition coefficient (Wildman–Crippen LogP) is 1.66. The SMILES string of the molecule is COC(=O)c1cccc(N2CC3(CCCNC3)C2)c1. The Hall–Kier alpha value is -1.55. The number of nitrogens with zero attached hydrogens (tertiary/aromatic N) is 1. The van der Waals surface area contributed by atoms with Crippen molar-refractivity contribution in [3.63, 3.8) is 0 Å². The van der Waals surface area contributed by atoms with Crippen molar-refractivity contribution in [2.45, 2.75) is 12.8 Å². The van der Waals surface area contributed by atoms with Gasteiger partial charge in [-0.15, -0.1) is 0 Å². The number of anilines is 1. The molecule has 0 aliphatic carbocycles. The number of carbonyl (C=O) groups excluding carboxylic acids is 1. The summed E-state index contributed by atoms with van der Waals surface area (Å²) in [4.78, 5) is 13.9. The molecule has 19 heavy (non-hydrogen) atoms. The van der Waals surface area contributed by atoms with E-state index < -0.39 is 0 Å². The molecule has 2 fully saturated rings. The van der Waals surface area contributed by atoms with E-state index in [1.165, 1.54) is 20.0 Å². The van der Waals surface area contributed by atoms with Crippen LogP contribution in [0.15, 0.2) is 24.3 Å². The van der Waals surface area contributed by atoms with Gasteiger partial charge in [0.05, 0.1) is 12.7 Å². The summed E-state index contributed by atoms with van der Waals surface area (Å²) in [5, 5.41) is 3.49. The number of hydrogen-bond acceptors (Lipinski definition) is 4. The van der Waals surface area contributed by atoms with Gasteiger partial charge in [-0.1, -0.05) is 6.07 Å². The number of piperidine rings is 1. The van der Waals surface area contributed by atoms with Crippen molar-refractivity contribution in [3.05, 3.63) is 29.8 Å². The van der Waals surface area contributed by atoms with E-state index >= 15 is 0 Å². The number of rotatable bonds is 2. The van der Waals surface area contributed by atoms with E-state index in [2.05, 4.69) is 16.3 Å². The molecule has 1 spiro atoms. The molecule has 2 heterocycles. The molecule has 2 aliphatic rings. The molecule has 1 N–H and O–H groups in total. The molecular formula is C15H20N2O2. The molecule has 0 aromatic heterocycles. The largest absolute Gasteiger partial charge is 0.465 e. The number of esters is 1. The third-order valence-corrected chi connectivity index (χ3v) is 4.25. The molecule has 1 aromatic rings. The second-order valence-corrected chi connectivity index (χ2v) is 5.68. The molecule has 1 aromatic carbocycles. The summed E-state index contributed by atoms with van der Waals surface area (Å²) in [7, 11) is 1.42. The molecule has 2 saturated heterocycles. The van der Waals surface area contributed by atoms with E-state index in [0.717, 1.165) is 31.9 Å². The lowest BCUT2D eigenvalue weighted by Crippen LogP contribution is -2.62. The van der Waals surface area contributed by atoms with Gasteiger partial charge in [0.25, 0.3) is 0 Å². The number of benzene rings is 1. The van der Waals surface area contributed by atoms with Gasteiger partial charge in [-0.3, -0.25) is 0 Å². The average Bonchev–Trinajstić information content (AvgIpc) is 2.45. The van der Waals surface area contributed by atoms with Crippen LogP contribution in [0.2, 0.25) is 0 Å². The Morgan fingerprint density at radius 1 is 1.42 bits per heavy atom. The summed E-state index contributed by atoms with van der Waals surface area (Å²) in [6.45, 7) is 4.45.